The molecule has 28 nitrogen and oxygen atoms in total. The van der Waals surface area contributed by atoms with Crippen molar-refractivity contribution in [2.45, 2.75) is 98.2 Å². The number of aliphatic carboxylic acids is 6. The molecule has 31 heteroatoms. The molecule has 3 rings (SSSR count). The van der Waals surface area contributed by atoms with E-state index in [1.54, 1.807) is 23.6 Å². The Morgan fingerprint density at radius 2 is 0.552 bits per heavy atom. The second kappa shape index (κ2) is 52.1. The maximum absolute atomic E-state index is 12.4. The molecule has 0 aromatic carbocycles. The van der Waals surface area contributed by atoms with E-state index >= 15 is 0 Å². The van der Waals surface area contributed by atoms with Crippen LogP contribution in [-0.4, -0.2) is 352 Å². The molecule has 0 aromatic rings. The number of rotatable bonds is 23. The van der Waals surface area contributed by atoms with Gasteiger partial charge in [0.05, 0.1) is 42.4 Å². The number of nitrogens with zero attached hydrogens (tertiary/aromatic N) is 12. The molecule has 3 aliphatic heterocycles. The van der Waals surface area contributed by atoms with Crippen LogP contribution in [0.2, 0.25) is 0 Å². The van der Waals surface area contributed by atoms with Gasteiger partial charge in [0.25, 0.3) is 0 Å². The van der Waals surface area contributed by atoms with Crippen molar-refractivity contribution in [2.75, 3.05) is 216 Å². The van der Waals surface area contributed by atoms with Gasteiger partial charge in [-0.1, -0.05) is 20.3 Å². The van der Waals surface area contributed by atoms with Crippen LogP contribution >= 0.6 is 0 Å². The zero-order valence-electron chi connectivity index (χ0n) is 52.7. The van der Waals surface area contributed by atoms with Gasteiger partial charge in [-0.05, 0) is 48.1 Å². The first-order chi connectivity index (χ1) is 39.5. The summed E-state index contributed by atoms with van der Waals surface area (Å²) in [5, 5.41) is 112. The number of aliphatic hydroxyl groups excluding tert-OH is 1. The van der Waals surface area contributed by atoms with Crippen molar-refractivity contribution in [2.24, 2.45) is 0 Å². The predicted octanol–water partition coefficient (Wildman–Crippen LogP) is -12.5. The number of carboxylic acid groups (broad SMARTS) is 6. The van der Waals surface area contributed by atoms with E-state index < -0.39 is 54.1 Å². The van der Waals surface area contributed by atoms with Gasteiger partial charge >= 0.3 is 120 Å². The first-order valence-electron chi connectivity index (χ1n) is 29.7. The Kier molecular flexibility index (Phi) is 54.4. The molecule has 3 fully saturated rings. The number of carbonyl (C=O) groups excluding carboxylic acids is 6. The third kappa shape index (κ3) is 44.9. The summed E-state index contributed by atoms with van der Waals surface area (Å²) in [5.41, 5.74) is 0. The van der Waals surface area contributed by atoms with Crippen molar-refractivity contribution in [1.29, 1.82) is 0 Å². The molecule has 0 aromatic heterocycles. The summed E-state index contributed by atoms with van der Waals surface area (Å²) in [4.78, 5) is 89.8. The van der Waals surface area contributed by atoms with Crippen LogP contribution in [0.1, 0.15) is 61.8 Å². The number of hydrogen-bond donors (Lipinski definition) is 1. The summed E-state index contributed by atoms with van der Waals surface area (Å²) in [7, 11) is 0. The molecule has 3 heterocycles. The van der Waals surface area contributed by atoms with E-state index in [9.17, 15) is 79.8 Å². The molecule has 0 bridgehead atoms. The molecule has 3 saturated heterocycles. The zero-order valence-corrected chi connectivity index (χ0v) is 59.5. The van der Waals surface area contributed by atoms with E-state index in [1.165, 1.54) is 0 Å². The van der Waals surface area contributed by atoms with Gasteiger partial charge in [-0.3, -0.25) is 53.9 Å². The minimum absolute atomic E-state index is 0. The fraction of sp³-hybridized carbons (Fsp3) is 0.857. The van der Waals surface area contributed by atoms with Gasteiger partial charge in [0, 0.05) is 227 Å². The topological polar surface area (TPSA) is 369 Å². The largest absolute Gasteiger partial charge is 3.00 e. The van der Waals surface area contributed by atoms with Crippen LogP contribution in [0.5, 0.6) is 0 Å². The molecule has 0 spiro atoms. The Labute approximate surface area is 614 Å². The van der Waals surface area contributed by atoms with E-state index in [2.05, 4.69) is 49.0 Å². The van der Waals surface area contributed by atoms with Crippen LogP contribution in [0, 0.1) is 120 Å². The van der Waals surface area contributed by atoms with Gasteiger partial charge in [-0.15, -0.1) is 24.5 Å². The summed E-state index contributed by atoms with van der Waals surface area (Å²) in [6.45, 7) is 31.3. The van der Waals surface area contributed by atoms with E-state index in [1.807, 2.05) is 48.1 Å². The van der Waals surface area contributed by atoms with E-state index in [0.717, 1.165) is 0 Å². The molecule has 3 radical (unpaired) electrons. The van der Waals surface area contributed by atoms with Crippen LogP contribution in [0.4, 0.5) is 0 Å². The summed E-state index contributed by atoms with van der Waals surface area (Å²) in [6, 6.07) is 0.131. The standard InChI is InChI=1S/C20H39N4O6.C18H35N4O5.C18H34N4O5.3Gd/c1-4-18(26)17(15-25)24-11-7-21(13-19(27)28)5-9-23(16(2)3)10-6-22(8-12-24)14-20(29)30;2*1-15(2)22-10-8-20(13-17(24)25)6-4-19(12-16(3)23)5-7-21(9-11-22)14-18(26)27;;;/h16-18,25H,4-15H2,1-3H3,(H,27,28)(H,29,30);15-16H,4-14H2,1-3H3,(H,24,25)(H,26,27);15,23H,3-14H2,1-2H3,(H,24,25)(H,26,27);;;/q2*-1;;3*+3/p-7/t17-,18-;;;;;/m0...../s1. The van der Waals surface area contributed by atoms with Crippen molar-refractivity contribution in [3.63, 3.8) is 0 Å². The van der Waals surface area contributed by atoms with Crippen LogP contribution in [0.3, 0.4) is 0 Å². The molecule has 3 atom stereocenters. The third-order valence-corrected chi connectivity index (χ3v) is 15.3. The molecular weight excluding hydrogens is 1570 g/mol. The molecule has 0 amide bonds. The molecule has 0 saturated carbocycles. The summed E-state index contributed by atoms with van der Waals surface area (Å²) in [5.74, 6) is -7.01. The molecule has 0 aliphatic carbocycles. The molecule has 1 unspecified atom stereocenters. The van der Waals surface area contributed by atoms with Gasteiger partial charge < -0.3 is 84.7 Å². The Bertz CT molecular complexity index is 1820. The fourth-order valence-corrected chi connectivity index (χ4v) is 10.3. The van der Waals surface area contributed by atoms with E-state index in [-0.39, 0.29) is 196 Å². The van der Waals surface area contributed by atoms with Crippen molar-refractivity contribution in [3.05, 3.63) is 12.3 Å². The van der Waals surface area contributed by atoms with Crippen LogP contribution < -0.4 is 46.0 Å². The first kappa shape index (κ1) is 90.9. The fourth-order valence-electron chi connectivity index (χ4n) is 10.3. The Hall–Kier alpha value is -0.266. The summed E-state index contributed by atoms with van der Waals surface area (Å²) >= 11 is 0. The molecule has 87 heavy (non-hydrogen) atoms. The van der Waals surface area contributed by atoms with Gasteiger partial charge in [0.1, 0.15) is 0 Å². The number of carboxylic acids is 6. The minimum Gasteiger partial charge on any atom is -0.875 e. The monoisotopic (exact) mass is 1670 g/mol. The maximum Gasteiger partial charge on any atom is 3.00 e. The van der Waals surface area contributed by atoms with Crippen molar-refractivity contribution in [1.82, 2.24) is 58.8 Å². The van der Waals surface area contributed by atoms with Gasteiger partial charge in [-0.25, -0.2) is 0 Å². The molecule has 1 N–H and O–H groups in total. The quantitative estimate of drug-likeness (QED) is 0.0928. The summed E-state index contributed by atoms with van der Waals surface area (Å²) in [6.07, 6.45) is -1.39. The SMILES string of the molecule is C=C([O-])CN1CCN(CC(=O)[O-])CCN(C(C)C)CCN(CC(=O)[O-])CC1.CC([O-])CN1CCN(CC(=O)[O-])CCN(C(C)C)CCN(CC(=O)[O-])CC1.CC[C@H]([O-])[C@H](CO)N1CCN(CC(=O)[O-])CCN(C(C)C)CCN(CC(=O)[O-])CC1.[Gd+3].[Gd+3].[Gd+3]. The number of hydrogen-bond acceptors (Lipinski definition) is 28. The Morgan fingerprint density at radius 1 is 0.356 bits per heavy atom. The zero-order chi connectivity index (χ0) is 63.5. The van der Waals surface area contributed by atoms with Crippen LogP contribution in [0.15, 0.2) is 12.3 Å². The van der Waals surface area contributed by atoms with Crippen LogP contribution in [0.25, 0.3) is 0 Å². The van der Waals surface area contributed by atoms with Crippen molar-refractivity contribution in [3.8, 4) is 0 Å². The third-order valence-electron chi connectivity index (χ3n) is 15.3. The number of aliphatic hydroxyl groups is 1. The minimum atomic E-state index is -1.15. The maximum atomic E-state index is 12.4. The normalized spacial score (nSPS) is 20.4. The Balaban J connectivity index is -0.00000120. The first-order valence-corrected chi connectivity index (χ1v) is 29.7. The summed E-state index contributed by atoms with van der Waals surface area (Å²) < 4.78 is 0. The average molecular weight is 1670 g/mol. The van der Waals surface area contributed by atoms with Crippen molar-refractivity contribution < 1.29 is 200 Å². The molecule has 505 valence electrons. The Morgan fingerprint density at radius 3 is 0.724 bits per heavy atom. The second-order valence-corrected chi connectivity index (χ2v) is 22.9. The smallest absolute Gasteiger partial charge is 0.875 e. The second-order valence-electron chi connectivity index (χ2n) is 22.9. The number of carbonyl (C=O) groups is 6. The van der Waals surface area contributed by atoms with E-state index in [0.29, 0.717) is 170 Å². The van der Waals surface area contributed by atoms with Gasteiger partial charge in [0.15, 0.2) is 0 Å². The average Bonchev–Trinajstić information content (AvgIpc) is 3.60. The predicted molar refractivity (Wildman–Crippen MR) is 297 cm³/mol. The molecule has 3 aliphatic rings. The van der Waals surface area contributed by atoms with Crippen LogP contribution in [-0.2, 0) is 28.8 Å². The molecular formula is C56H101Gd3N12O16. The van der Waals surface area contributed by atoms with Gasteiger partial charge in [-0.2, -0.15) is 0 Å². The van der Waals surface area contributed by atoms with E-state index in [4.69, 9.17) is 0 Å². The van der Waals surface area contributed by atoms with Gasteiger partial charge in [0.2, 0.25) is 0 Å². The van der Waals surface area contributed by atoms with Crippen molar-refractivity contribution >= 4 is 35.8 Å².